The van der Waals surface area contributed by atoms with E-state index in [4.69, 9.17) is 21.4 Å². The predicted octanol–water partition coefficient (Wildman–Crippen LogP) is 2.37. The van der Waals surface area contributed by atoms with E-state index in [1.165, 1.54) is 0 Å². The van der Waals surface area contributed by atoms with Crippen molar-refractivity contribution in [1.29, 1.82) is 0 Å². The van der Waals surface area contributed by atoms with Gasteiger partial charge in [-0.25, -0.2) is 0 Å². The van der Waals surface area contributed by atoms with E-state index >= 15 is 0 Å². The number of nitrogens with one attached hydrogen (secondary N) is 1. The lowest BCUT2D eigenvalue weighted by atomic mass is 10.1. The Hall–Kier alpha value is -0.930. The summed E-state index contributed by atoms with van der Waals surface area (Å²) in [5.41, 5.74) is 2.78. The molecule has 1 aromatic rings. The molecular formula is C11H16ClNO2. The fraction of sp³-hybridized carbons (Fsp3) is 0.455. The standard InChI is InChI=1S/C11H16ClNO2/c1-7-6-9(15-3)11(13-4-5-14)8(2)10(7)12/h6,13-14H,4-5H2,1-3H3. The fourth-order valence-corrected chi connectivity index (χ4v) is 1.63. The maximum absolute atomic E-state index is 8.77. The van der Waals surface area contributed by atoms with Crippen LogP contribution in [0.5, 0.6) is 5.75 Å². The Morgan fingerprint density at radius 3 is 2.67 bits per heavy atom. The Morgan fingerprint density at radius 1 is 1.47 bits per heavy atom. The second kappa shape index (κ2) is 5.24. The highest BCUT2D eigenvalue weighted by Gasteiger charge is 2.11. The summed E-state index contributed by atoms with van der Waals surface area (Å²) < 4.78 is 5.26. The summed E-state index contributed by atoms with van der Waals surface area (Å²) in [5.74, 6) is 0.753. The normalized spacial score (nSPS) is 10.2. The summed E-state index contributed by atoms with van der Waals surface area (Å²) in [7, 11) is 1.62. The molecule has 3 nitrogen and oxygen atoms in total. The van der Waals surface area contributed by atoms with Crippen molar-refractivity contribution in [3.63, 3.8) is 0 Å². The van der Waals surface area contributed by atoms with Crippen LogP contribution in [0, 0.1) is 13.8 Å². The Labute approximate surface area is 95.0 Å². The van der Waals surface area contributed by atoms with Crippen molar-refractivity contribution in [2.45, 2.75) is 13.8 Å². The first kappa shape index (κ1) is 12.1. The van der Waals surface area contributed by atoms with Crippen LogP contribution in [-0.2, 0) is 0 Å². The van der Waals surface area contributed by atoms with Gasteiger partial charge in [0, 0.05) is 11.6 Å². The van der Waals surface area contributed by atoms with Crippen molar-refractivity contribution >= 4 is 17.3 Å². The van der Waals surface area contributed by atoms with Crippen LogP contribution in [-0.4, -0.2) is 25.4 Å². The summed E-state index contributed by atoms with van der Waals surface area (Å²) >= 11 is 6.13. The zero-order valence-corrected chi connectivity index (χ0v) is 9.98. The van der Waals surface area contributed by atoms with Gasteiger partial charge in [0.05, 0.1) is 19.4 Å². The van der Waals surface area contributed by atoms with Gasteiger partial charge >= 0.3 is 0 Å². The van der Waals surface area contributed by atoms with Crippen molar-refractivity contribution in [2.75, 3.05) is 25.6 Å². The molecule has 0 bridgehead atoms. The van der Waals surface area contributed by atoms with Gasteiger partial charge in [0.1, 0.15) is 5.75 Å². The highest BCUT2D eigenvalue weighted by Crippen LogP contribution is 2.35. The molecule has 0 amide bonds. The minimum Gasteiger partial charge on any atom is -0.495 e. The zero-order chi connectivity index (χ0) is 11.4. The molecule has 0 aliphatic carbocycles. The lowest BCUT2D eigenvalue weighted by Gasteiger charge is -2.16. The third kappa shape index (κ3) is 2.55. The van der Waals surface area contributed by atoms with E-state index in [2.05, 4.69) is 5.32 Å². The molecule has 0 atom stereocenters. The first-order valence-electron chi connectivity index (χ1n) is 4.80. The fourth-order valence-electron chi connectivity index (χ4n) is 1.48. The lowest BCUT2D eigenvalue weighted by molar-refractivity contribution is 0.311. The van der Waals surface area contributed by atoms with Gasteiger partial charge in [-0.2, -0.15) is 0 Å². The lowest BCUT2D eigenvalue weighted by Crippen LogP contribution is -2.08. The van der Waals surface area contributed by atoms with Crippen LogP contribution < -0.4 is 10.1 Å². The monoisotopic (exact) mass is 229 g/mol. The van der Waals surface area contributed by atoms with E-state index in [9.17, 15) is 0 Å². The molecule has 84 valence electrons. The van der Waals surface area contributed by atoms with Crippen molar-refractivity contribution in [2.24, 2.45) is 0 Å². The van der Waals surface area contributed by atoms with Gasteiger partial charge < -0.3 is 15.2 Å². The first-order chi connectivity index (χ1) is 7.11. The second-order valence-corrected chi connectivity index (χ2v) is 3.74. The van der Waals surface area contributed by atoms with E-state index in [0.29, 0.717) is 6.54 Å². The SMILES string of the molecule is COc1cc(C)c(Cl)c(C)c1NCCO. The summed E-state index contributed by atoms with van der Waals surface area (Å²) in [5, 5.41) is 12.6. The molecule has 1 aromatic carbocycles. The number of hydrogen-bond donors (Lipinski definition) is 2. The number of benzene rings is 1. The molecule has 0 unspecified atom stereocenters. The van der Waals surface area contributed by atoms with Gasteiger partial charge in [-0.1, -0.05) is 11.6 Å². The van der Waals surface area contributed by atoms with Gasteiger partial charge in [0.25, 0.3) is 0 Å². The van der Waals surface area contributed by atoms with E-state index in [0.717, 1.165) is 27.6 Å². The third-order valence-corrected chi connectivity index (χ3v) is 2.86. The van der Waals surface area contributed by atoms with Crippen molar-refractivity contribution in [3.05, 3.63) is 22.2 Å². The summed E-state index contributed by atoms with van der Waals surface area (Å²) in [6.45, 7) is 4.43. The number of methoxy groups -OCH3 is 1. The zero-order valence-electron chi connectivity index (χ0n) is 9.22. The Bertz CT molecular complexity index is 353. The smallest absolute Gasteiger partial charge is 0.142 e. The summed E-state index contributed by atoms with van der Waals surface area (Å²) in [6, 6.07) is 1.88. The molecule has 0 radical (unpaired) electrons. The molecule has 0 aliphatic rings. The van der Waals surface area contributed by atoms with E-state index < -0.39 is 0 Å². The Morgan fingerprint density at radius 2 is 2.13 bits per heavy atom. The van der Waals surface area contributed by atoms with Crippen LogP contribution in [0.2, 0.25) is 5.02 Å². The largest absolute Gasteiger partial charge is 0.495 e. The Kier molecular flexibility index (Phi) is 4.24. The van der Waals surface area contributed by atoms with Gasteiger partial charge in [-0.05, 0) is 31.0 Å². The quantitative estimate of drug-likeness (QED) is 0.833. The number of anilines is 1. The third-order valence-electron chi connectivity index (χ3n) is 2.28. The van der Waals surface area contributed by atoms with E-state index in [-0.39, 0.29) is 6.61 Å². The highest BCUT2D eigenvalue weighted by molar-refractivity contribution is 6.32. The van der Waals surface area contributed by atoms with Gasteiger partial charge in [0.15, 0.2) is 0 Å². The molecule has 0 saturated carbocycles. The summed E-state index contributed by atoms with van der Waals surface area (Å²) in [4.78, 5) is 0. The molecule has 2 N–H and O–H groups in total. The maximum atomic E-state index is 8.77. The predicted molar refractivity (Wildman–Crippen MR) is 63.1 cm³/mol. The van der Waals surface area contributed by atoms with Crippen LogP contribution in [0.15, 0.2) is 6.07 Å². The molecule has 1 rings (SSSR count). The molecule has 0 spiro atoms. The first-order valence-corrected chi connectivity index (χ1v) is 5.18. The van der Waals surface area contributed by atoms with Crippen molar-refractivity contribution in [1.82, 2.24) is 0 Å². The van der Waals surface area contributed by atoms with Crippen LogP contribution in [0.3, 0.4) is 0 Å². The molecule has 0 aromatic heterocycles. The van der Waals surface area contributed by atoms with Crippen LogP contribution in [0.1, 0.15) is 11.1 Å². The molecule has 0 heterocycles. The molecule has 0 aliphatic heterocycles. The average molecular weight is 230 g/mol. The molecule has 0 fully saturated rings. The topological polar surface area (TPSA) is 41.5 Å². The molecule has 15 heavy (non-hydrogen) atoms. The van der Waals surface area contributed by atoms with Crippen molar-refractivity contribution in [3.8, 4) is 5.75 Å². The van der Waals surface area contributed by atoms with Gasteiger partial charge in [-0.3, -0.25) is 0 Å². The molecule has 4 heteroatoms. The van der Waals surface area contributed by atoms with Crippen LogP contribution in [0.25, 0.3) is 0 Å². The minimum absolute atomic E-state index is 0.0775. The number of rotatable bonds is 4. The van der Waals surface area contributed by atoms with Crippen molar-refractivity contribution < 1.29 is 9.84 Å². The number of hydrogen-bond acceptors (Lipinski definition) is 3. The number of halogens is 1. The summed E-state index contributed by atoms with van der Waals surface area (Å²) in [6.07, 6.45) is 0. The molecule has 0 saturated heterocycles. The number of aryl methyl sites for hydroxylation is 1. The van der Waals surface area contributed by atoms with Gasteiger partial charge in [0.2, 0.25) is 0 Å². The Balaban J connectivity index is 3.15. The second-order valence-electron chi connectivity index (χ2n) is 3.36. The minimum atomic E-state index is 0.0775. The number of ether oxygens (including phenoxy) is 1. The van der Waals surface area contributed by atoms with Gasteiger partial charge in [-0.15, -0.1) is 0 Å². The number of aliphatic hydroxyl groups is 1. The average Bonchev–Trinajstić information content (AvgIpc) is 2.24. The van der Waals surface area contributed by atoms with E-state index in [1.54, 1.807) is 7.11 Å². The van der Waals surface area contributed by atoms with E-state index in [1.807, 2.05) is 19.9 Å². The maximum Gasteiger partial charge on any atom is 0.142 e. The van der Waals surface area contributed by atoms with Crippen LogP contribution >= 0.6 is 11.6 Å². The van der Waals surface area contributed by atoms with Crippen LogP contribution in [0.4, 0.5) is 5.69 Å². The highest BCUT2D eigenvalue weighted by atomic mass is 35.5. The molecular weight excluding hydrogens is 214 g/mol. The number of aliphatic hydroxyl groups excluding tert-OH is 1.